The molecular weight excluding hydrogens is 1990 g/mol. The number of carbonyl (C=O) groups excluding carboxylic acids is 8. The van der Waals surface area contributed by atoms with Crippen molar-refractivity contribution in [1.82, 2.24) is 39.5 Å². The molecule has 12 aromatic rings. The van der Waals surface area contributed by atoms with Gasteiger partial charge in [-0.15, -0.1) is 0 Å². The van der Waals surface area contributed by atoms with Gasteiger partial charge in [-0.3, -0.25) is 59.6 Å². The zero-order chi connectivity index (χ0) is 105. The Kier molecular flexibility index (Phi) is 36.9. The zero-order valence-electron chi connectivity index (χ0n) is 82.9. The number of morpholine rings is 4. The predicted molar refractivity (Wildman–Crippen MR) is 589 cm³/mol. The van der Waals surface area contributed by atoms with Crippen LogP contribution < -0.4 is 62.1 Å². The Balaban J connectivity index is 0.000000142. The van der Waals surface area contributed by atoms with E-state index in [4.69, 9.17) is 81.6 Å². The van der Waals surface area contributed by atoms with E-state index < -0.39 is 23.6 Å². The van der Waals surface area contributed by atoms with Crippen LogP contribution in [0.1, 0.15) is 137 Å². The van der Waals surface area contributed by atoms with Gasteiger partial charge < -0.3 is 101 Å². The highest BCUT2D eigenvalue weighted by Crippen LogP contribution is 2.34. The van der Waals surface area contributed by atoms with E-state index in [0.717, 1.165) is 123 Å². The van der Waals surface area contributed by atoms with Crippen molar-refractivity contribution in [2.24, 2.45) is 4.99 Å². The number of amidine groups is 4. The smallest absolute Gasteiger partial charge is 0.259 e. The number of halogens is 4. The molecule has 7 aliphatic rings. The van der Waals surface area contributed by atoms with Crippen LogP contribution in [0.2, 0.25) is 20.1 Å². The maximum atomic E-state index is 13.3. The summed E-state index contributed by atoms with van der Waals surface area (Å²) in [5.41, 5.74) is 11.2. The van der Waals surface area contributed by atoms with E-state index in [2.05, 4.69) is 96.9 Å². The molecule has 0 bridgehead atoms. The molecule has 0 unspecified atom stereocenters. The third-order valence-corrected chi connectivity index (χ3v) is 26.5. The van der Waals surface area contributed by atoms with Crippen molar-refractivity contribution in [2.75, 3.05) is 228 Å². The van der Waals surface area contributed by atoms with E-state index in [1.807, 2.05) is 48.3 Å². The standard InChI is InChI=1S/C29H31ClN6O3.C28H29ClN6O3.C27H27ClN6O3.C26H27ClN6O3/c30-22-8-11-26(32-19-22)34-29(38)24-18-23(35-14-16-39-17-15-35)9-10-25(24)33-28(37)21-6-4-20(5-7-21)27(31)36-12-2-1-3-13-36;29-21-7-10-25(31-18-21)33-28(37)23-17-22(34-13-15-38-16-14-34)8-9-24(23)32-27(36)20-5-3-19(4-6-20)26(30)35-11-1-2-12-35;1-33-11-10-29-25(33)18-2-4-19(5-3-18)26(35)31-23-8-7-21(34-12-14-37-15-13-34)16-22(23)27(36)32-24-9-6-20(28)17-30-24;1-32(2)24(28)17-3-5-18(6-4-17)25(34)30-22-9-8-20(33-11-13-36-14-12-33)15-21(22)26(35)31-23-10-7-19(27)16-29-23/h4-11,18-19,31H,1-3,12-17H2,(H,33,37)(H,32,34,38);3-10,17-18,30H,1-2,11-16H2,(H,32,36)(H,31,33,37);2-9,16-17H,10-15H2,1H3,(H,31,35)(H,30,32,36);3-10,15-16,28H,11-14H2,1-2H3,(H,30,34)(H,29,31,35). The van der Waals surface area contributed by atoms with Crippen molar-refractivity contribution in [3.8, 4) is 0 Å². The molecule has 6 saturated heterocycles. The summed E-state index contributed by atoms with van der Waals surface area (Å²) >= 11 is 23.7. The topological polar surface area (TPSA) is 431 Å². The fraction of sp³-hybridized carbons (Fsp3) is 0.273. The fourth-order valence-electron chi connectivity index (χ4n) is 17.3. The monoisotopic (exact) mass is 2100 g/mol. The van der Waals surface area contributed by atoms with Gasteiger partial charge in [-0.05, 0) is 202 Å². The zero-order valence-corrected chi connectivity index (χ0v) is 85.9. The number of pyridine rings is 4. The van der Waals surface area contributed by atoms with Crippen molar-refractivity contribution < 1.29 is 57.3 Å². The van der Waals surface area contributed by atoms with E-state index in [1.165, 1.54) is 31.2 Å². The van der Waals surface area contributed by atoms with Gasteiger partial charge in [-0.25, -0.2) is 19.9 Å². The molecule has 774 valence electrons. The third-order valence-electron chi connectivity index (χ3n) is 25.6. The second-order valence-electron chi connectivity index (χ2n) is 36.0. The molecule has 7 aliphatic heterocycles. The average Bonchev–Trinajstić information content (AvgIpc) is 0.877. The molecule has 11 heterocycles. The summed E-state index contributed by atoms with van der Waals surface area (Å²) in [6, 6.07) is 62.7. The van der Waals surface area contributed by atoms with E-state index in [0.29, 0.717) is 226 Å². The van der Waals surface area contributed by atoms with Crippen molar-refractivity contribution in [2.45, 2.75) is 32.1 Å². The lowest BCUT2D eigenvalue weighted by atomic mass is 10.1. The van der Waals surface area contributed by atoms with Crippen molar-refractivity contribution in [3.05, 3.63) is 330 Å². The Morgan fingerprint density at radius 2 is 0.547 bits per heavy atom. The lowest BCUT2D eigenvalue weighted by molar-refractivity contribution is 0.101. The number of likely N-dealkylation sites (N-methyl/N-ethyl adjacent to an activating group) is 1. The number of likely N-dealkylation sites (tertiary alicyclic amines) is 2. The maximum Gasteiger partial charge on any atom is 0.259 e. The van der Waals surface area contributed by atoms with E-state index in [-0.39, 0.29) is 23.6 Å². The van der Waals surface area contributed by atoms with E-state index in [1.54, 1.807) is 201 Å². The highest BCUT2D eigenvalue weighted by Gasteiger charge is 2.29. The minimum atomic E-state index is -0.412. The Hall–Kier alpha value is -15.8. The molecule has 8 aromatic carbocycles. The number of anilines is 12. The molecule has 4 aromatic heterocycles. The Morgan fingerprint density at radius 3 is 0.793 bits per heavy atom. The Labute approximate surface area is 888 Å². The summed E-state index contributed by atoms with van der Waals surface area (Å²) in [6.07, 6.45) is 11.4. The average molecular weight is 2110 g/mol. The minimum absolute atomic E-state index is 0.301. The van der Waals surface area contributed by atoms with Gasteiger partial charge >= 0.3 is 0 Å². The number of hydrogen-bond acceptors (Lipinski definition) is 25. The molecular formula is C110H114Cl4N24O12. The van der Waals surface area contributed by atoms with Gasteiger partial charge in [0.2, 0.25) is 0 Å². The van der Waals surface area contributed by atoms with Crippen molar-refractivity contribution >= 4 is 186 Å². The number of rotatable bonds is 24. The largest absolute Gasteiger partial charge is 0.378 e. The second kappa shape index (κ2) is 51.7. The van der Waals surface area contributed by atoms with Crippen LogP contribution in [0.15, 0.2) is 248 Å². The van der Waals surface area contributed by atoms with Gasteiger partial charge in [-0.1, -0.05) is 94.9 Å². The SMILES string of the molecule is CN(C)C(=N)c1ccc(C(=O)Nc2ccc(N3CCOCC3)cc2C(=O)Nc2ccc(Cl)cn2)cc1.CN1CCN=C1c1ccc(C(=O)Nc2ccc(N3CCOCC3)cc2C(=O)Nc2ccc(Cl)cn2)cc1.N=C(c1ccc(C(=O)Nc2ccc(N3CCOCC3)cc2C(=O)Nc2ccc(Cl)cn2)cc1)N1CCCC1.N=C(c1ccc(C(=O)Nc2ccc(N3CCOCC3)cc2C(=O)Nc2ccc(Cl)cn2)cc1)N1CCCCC1. The van der Waals surface area contributed by atoms with E-state index >= 15 is 0 Å². The summed E-state index contributed by atoms with van der Waals surface area (Å²) < 4.78 is 21.8. The number of amides is 8. The first-order chi connectivity index (χ1) is 72.7. The van der Waals surface area contributed by atoms with Crippen LogP contribution >= 0.6 is 46.4 Å². The number of ether oxygens (including phenoxy) is 4. The molecule has 40 heteroatoms. The normalized spacial score (nSPS) is 14.8. The number of carbonyl (C=O) groups is 8. The summed E-state index contributed by atoms with van der Waals surface area (Å²) in [6.45, 7) is 15.8. The van der Waals surface area contributed by atoms with Crippen LogP contribution in [0.5, 0.6) is 0 Å². The number of hydrogen-bond donors (Lipinski definition) is 11. The highest BCUT2D eigenvalue weighted by atomic mass is 35.5. The molecule has 19 rings (SSSR count). The fourth-order valence-corrected chi connectivity index (χ4v) is 17.8. The molecule has 150 heavy (non-hydrogen) atoms. The Bertz CT molecular complexity index is 6870. The second-order valence-corrected chi connectivity index (χ2v) is 37.8. The molecule has 0 spiro atoms. The van der Waals surface area contributed by atoms with Crippen molar-refractivity contribution in [1.29, 1.82) is 16.2 Å². The lowest BCUT2D eigenvalue weighted by Gasteiger charge is -2.29. The number of aromatic nitrogens is 4. The minimum Gasteiger partial charge on any atom is -0.378 e. The van der Waals surface area contributed by atoms with Gasteiger partial charge in [0.25, 0.3) is 47.3 Å². The van der Waals surface area contributed by atoms with Crippen molar-refractivity contribution in [3.63, 3.8) is 0 Å². The number of nitrogens with zero attached hydrogens (tertiary/aromatic N) is 13. The number of benzene rings is 8. The summed E-state index contributed by atoms with van der Waals surface area (Å²) in [7, 11) is 5.57. The van der Waals surface area contributed by atoms with Crippen LogP contribution in [0.4, 0.5) is 68.8 Å². The molecule has 36 nitrogen and oxygen atoms in total. The van der Waals surface area contributed by atoms with Crippen LogP contribution in [0.3, 0.4) is 0 Å². The predicted octanol–water partition coefficient (Wildman–Crippen LogP) is 17.1. The van der Waals surface area contributed by atoms with E-state index in [9.17, 15) is 38.4 Å². The number of nitrogens with one attached hydrogen (secondary N) is 11. The van der Waals surface area contributed by atoms with Gasteiger partial charge in [0.05, 0.1) is 124 Å². The van der Waals surface area contributed by atoms with Crippen LogP contribution in [0, 0.1) is 16.2 Å². The number of piperidine rings is 1. The molecule has 8 amide bonds. The van der Waals surface area contributed by atoms with Gasteiger partial charge in [0.1, 0.15) is 46.6 Å². The first-order valence-electron chi connectivity index (χ1n) is 49.2. The van der Waals surface area contributed by atoms with Gasteiger partial charge in [-0.2, -0.15) is 0 Å². The lowest BCUT2D eigenvalue weighted by Crippen LogP contribution is -2.36. The molecule has 6 fully saturated rings. The quantitative estimate of drug-likeness (QED) is 0.0198. The van der Waals surface area contributed by atoms with Gasteiger partial charge in [0, 0.05) is 198 Å². The van der Waals surface area contributed by atoms with Crippen LogP contribution in [-0.4, -0.2) is 276 Å². The molecule has 0 radical (unpaired) electrons. The van der Waals surface area contributed by atoms with Crippen LogP contribution in [0.25, 0.3) is 0 Å². The summed E-state index contributed by atoms with van der Waals surface area (Å²) in [4.78, 5) is 143. The third kappa shape index (κ3) is 28.8. The maximum absolute atomic E-state index is 13.3. The van der Waals surface area contributed by atoms with Crippen LogP contribution in [-0.2, 0) is 18.9 Å². The highest BCUT2D eigenvalue weighted by molar-refractivity contribution is 6.32. The summed E-state index contributed by atoms with van der Waals surface area (Å²) in [5, 5.41) is 49.6. The Morgan fingerprint density at radius 1 is 0.293 bits per heavy atom. The van der Waals surface area contributed by atoms with Gasteiger partial charge in [0.15, 0.2) is 0 Å². The molecule has 0 aliphatic carbocycles. The first kappa shape index (κ1) is 107. The summed E-state index contributed by atoms with van der Waals surface area (Å²) in [5.74, 6) is 0.649. The first-order valence-corrected chi connectivity index (χ1v) is 50.7. The molecule has 0 saturated carbocycles. The molecule has 11 N–H and O–H groups in total. The molecule has 0 atom stereocenters. The number of aliphatic imine (C=N–C) groups is 1.